The molecule has 4 heteroatoms. The molecule has 1 aliphatic rings. The molecule has 0 unspecified atom stereocenters. The Morgan fingerprint density at radius 1 is 1.50 bits per heavy atom. The summed E-state index contributed by atoms with van der Waals surface area (Å²) in [5.41, 5.74) is 1.15. The number of amides is 1. The molecule has 1 N–H and O–H groups in total. The number of carbonyl (C=O) groups excluding carboxylic acids is 1. The van der Waals surface area contributed by atoms with Crippen molar-refractivity contribution in [2.24, 2.45) is 0 Å². The average molecular weight is 291 g/mol. The number of hydrogen-bond donors (Lipinski definition) is 1. The molecule has 1 aromatic carbocycles. The standard InChI is InChI=1S/C16H19ClN2O/c1-2-9-18-16(20)12-19-10-5-7-14(19)11-13-6-3-4-8-15(13)17/h1,3-4,6,8,14H,5,7,9-12H2,(H,18,20)/t14-/m1/s1. The highest BCUT2D eigenvalue weighted by Crippen LogP contribution is 2.24. The van der Waals surface area contributed by atoms with Gasteiger partial charge in [0.15, 0.2) is 0 Å². The van der Waals surface area contributed by atoms with E-state index < -0.39 is 0 Å². The normalized spacial score (nSPS) is 18.7. The molecule has 1 aliphatic heterocycles. The van der Waals surface area contributed by atoms with Crippen LogP contribution in [-0.2, 0) is 11.2 Å². The monoisotopic (exact) mass is 290 g/mol. The zero-order chi connectivity index (χ0) is 14.4. The Hall–Kier alpha value is -1.50. The lowest BCUT2D eigenvalue weighted by Crippen LogP contribution is -2.40. The molecular formula is C16H19ClN2O. The lowest BCUT2D eigenvalue weighted by Gasteiger charge is -2.24. The molecule has 0 aromatic heterocycles. The fraction of sp³-hybridized carbons (Fsp3) is 0.438. The van der Waals surface area contributed by atoms with Crippen LogP contribution in [-0.4, -0.2) is 36.5 Å². The smallest absolute Gasteiger partial charge is 0.234 e. The molecule has 3 nitrogen and oxygen atoms in total. The third-order valence-electron chi connectivity index (χ3n) is 3.65. The van der Waals surface area contributed by atoms with E-state index in [1.807, 2.05) is 18.2 Å². The molecule has 0 saturated carbocycles. The predicted octanol–water partition coefficient (Wildman–Crippen LogP) is 2.10. The fourth-order valence-corrected chi connectivity index (χ4v) is 2.86. The van der Waals surface area contributed by atoms with E-state index in [1.54, 1.807) is 0 Å². The highest BCUT2D eigenvalue weighted by Gasteiger charge is 2.26. The number of nitrogens with one attached hydrogen (secondary N) is 1. The van der Waals surface area contributed by atoms with Crippen LogP contribution in [0.2, 0.25) is 5.02 Å². The van der Waals surface area contributed by atoms with Gasteiger partial charge in [-0.15, -0.1) is 6.42 Å². The maximum absolute atomic E-state index is 11.7. The van der Waals surface area contributed by atoms with Crippen LogP contribution in [0.25, 0.3) is 0 Å². The van der Waals surface area contributed by atoms with Crippen LogP contribution in [0.4, 0.5) is 0 Å². The largest absolute Gasteiger partial charge is 0.344 e. The number of halogens is 1. The van der Waals surface area contributed by atoms with Gasteiger partial charge in [-0.2, -0.15) is 0 Å². The first-order chi connectivity index (χ1) is 9.70. The second kappa shape index (κ2) is 7.33. The Bertz CT molecular complexity index is 509. The molecule has 0 aliphatic carbocycles. The van der Waals surface area contributed by atoms with E-state index >= 15 is 0 Å². The van der Waals surface area contributed by atoms with Crippen molar-refractivity contribution in [3.63, 3.8) is 0 Å². The summed E-state index contributed by atoms with van der Waals surface area (Å²) < 4.78 is 0. The van der Waals surface area contributed by atoms with Crippen molar-refractivity contribution in [3.8, 4) is 12.3 Å². The van der Waals surface area contributed by atoms with Gasteiger partial charge in [-0.1, -0.05) is 35.7 Å². The minimum Gasteiger partial charge on any atom is -0.344 e. The molecule has 1 fully saturated rings. The van der Waals surface area contributed by atoms with Crippen molar-refractivity contribution < 1.29 is 4.79 Å². The van der Waals surface area contributed by atoms with Gasteiger partial charge in [0.1, 0.15) is 0 Å². The number of likely N-dealkylation sites (tertiary alicyclic amines) is 1. The minimum absolute atomic E-state index is 0.00555. The first-order valence-electron chi connectivity index (χ1n) is 6.88. The molecule has 1 saturated heterocycles. The van der Waals surface area contributed by atoms with Crippen LogP contribution < -0.4 is 5.32 Å². The quantitative estimate of drug-likeness (QED) is 0.842. The lowest BCUT2D eigenvalue weighted by atomic mass is 10.0. The predicted molar refractivity (Wildman–Crippen MR) is 81.6 cm³/mol. The Balaban J connectivity index is 1.93. The number of terminal acetylenes is 1. The van der Waals surface area contributed by atoms with Gasteiger partial charge in [-0.25, -0.2) is 0 Å². The summed E-state index contributed by atoms with van der Waals surface area (Å²) in [7, 11) is 0. The molecule has 1 heterocycles. The van der Waals surface area contributed by atoms with Gasteiger partial charge in [0, 0.05) is 11.1 Å². The number of benzene rings is 1. The van der Waals surface area contributed by atoms with E-state index in [0.717, 1.165) is 36.4 Å². The highest BCUT2D eigenvalue weighted by atomic mass is 35.5. The molecule has 0 radical (unpaired) electrons. The van der Waals surface area contributed by atoms with Crippen molar-refractivity contribution in [1.82, 2.24) is 10.2 Å². The van der Waals surface area contributed by atoms with Gasteiger partial charge < -0.3 is 5.32 Å². The average Bonchev–Trinajstić information content (AvgIpc) is 2.86. The maximum atomic E-state index is 11.7. The summed E-state index contributed by atoms with van der Waals surface area (Å²) in [6.45, 7) is 1.66. The van der Waals surface area contributed by atoms with Gasteiger partial charge >= 0.3 is 0 Å². The molecule has 1 amide bonds. The molecule has 0 spiro atoms. The van der Waals surface area contributed by atoms with Crippen LogP contribution in [0.1, 0.15) is 18.4 Å². The first-order valence-corrected chi connectivity index (χ1v) is 7.26. The number of nitrogens with zero attached hydrogens (tertiary/aromatic N) is 1. The van der Waals surface area contributed by atoms with Crippen molar-refractivity contribution in [2.75, 3.05) is 19.6 Å². The zero-order valence-electron chi connectivity index (χ0n) is 11.4. The van der Waals surface area contributed by atoms with E-state index in [0.29, 0.717) is 19.1 Å². The van der Waals surface area contributed by atoms with Crippen LogP contribution >= 0.6 is 11.6 Å². The Labute approximate surface area is 125 Å². The molecule has 20 heavy (non-hydrogen) atoms. The zero-order valence-corrected chi connectivity index (χ0v) is 12.2. The van der Waals surface area contributed by atoms with E-state index in [2.05, 4.69) is 22.2 Å². The summed E-state index contributed by atoms with van der Waals surface area (Å²) in [6.07, 6.45) is 8.26. The van der Waals surface area contributed by atoms with E-state index in [4.69, 9.17) is 18.0 Å². The van der Waals surface area contributed by atoms with Crippen LogP contribution in [0, 0.1) is 12.3 Å². The van der Waals surface area contributed by atoms with Gasteiger partial charge in [-0.3, -0.25) is 9.69 Å². The molecule has 106 valence electrons. The summed E-state index contributed by atoms with van der Waals surface area (Å²) >= 11 is 6.20. The van der Waals surface area contributed by atoms with Gasteiger partial charge in [0.05, 0.1) is 13.1 Å². The molecule has 1 aromatic rings. The van der Waals surface area contributed by atoms with Crippen molar-refractivity contribution in [2.45, 2.75) is 25.3 Å². The molecule has 1 atom stereocenters. The van der Waals surface area contributed by atoms with E-state index in [9.17, 15) is 4.79 Å². The highest BCUT2D eigenvalue weighted by molar-refractivity contribution is 6.31. The topological polar surface area (TPSA) is 32.3 Å². The second-order valence-corrected chi connectivity index (χ2v) is 5.45. The Morgan fingerprint density at radius 3 is 3.05 bits per heavy atom. The Kier molecular flexibility index (Phi) is 5.46. The fourth-order valence-electron chi connectivity index (χ4n) is 2.64. The minimum atomic E-state index is -0.00555. The lowest BCUT2D eigenvalue weighted by molar-refractivity contribution is -0.122. The SMILES string of the molecule is C#CCNC(=O)CN1CCC[C@@H]1Cc1ccccc1Cl. The number of carbonyl (C=O) groups is 1. The maximum Gasteiger partial charge on any atom is 0.234 e. The van der Waals surface area contributed by atoms with Crippen molar-refractivity contribution >= 4 is 17.5 Å². The summed E-state index contributed by atoms with van der Waals surface area (Å²) in [5.74, 6) is 2.41. The first kappa shape index (κ1) is 14.9. The number of rotatable bonds is 5. The van der Waals surface area contributed by atoms with Gasteiger partial charge in [0.25, 0.3) is 0 Å². The van der Waals surface area contributed by atoms with Crippen molar-refractivity contribution in [3.05, 3.63) is 34.9 Å². The third-order valence-corrected chi connectivity index (χ3v) is 4.02. The third kappa shape index (κ3) is 4.00. The van der Waals surface area contributed by atoms with Crippen LogP contribution in [0.3, 0.4) is 0 Å². The van der Waals surface area contributed by atoms with E-state index in [-0.39, 0.29) is 5.91 Å². The summed E-state index contributed by atoms with van der Waals surface area (Å²) in [5, 5.41) is 3.51. The van der Waals surface area contributed by atoms with Crippen LogP contribution in [0.15, 0.2) is 24.3 Å². The van der Waals surface area contributed by atoms with Gasteiger partial charge in [0.2, 0.25) is 5.91 Å². The molecule has 0 bridgehead atoms. The molecule has 2 rings (SSSR count). The number of hydrogen-bond acceptors (Lipinski definition) is 2. The van der Waals surface area contributed by atoms with E-state index in [1.165, 1.54) is 0 Å². The summed E-state index contributed by atoms with van der Waals surface area (Å²) in [6, 6.07) is 8.28. The molecular weight excluding hydrogens is 272 g/mol. The second-order valence-electron chi connectivity index (χ2n) is 5.04. The Morgan fingerprint density at radius 2 is 2.30 bits per heavy atom. The van der Waals surface area contributed by atoms with Crippen LogP contribution in [0.5, 0.6) is 0 Å². The van der Waals surface area contributed by atoms with Gasteiger partial charge in [-0.05, 0) is 37.4 Å². The summed E-state index contributed by atoms with van der Waals surface area (Å²) in [4.78, 5) is 14.0. The van der Waals surface area contributed by atoms with Crippen molar-refractivity contribution in [1.29, 1.82) is 0 Å².